The predicted octanol–water partition coefficient (Wildman–Crippen LogP) is 2.94. The molecule has 1 aromatic carbocycles. The quantitative estimate of drug-likeness (QED) is 0.620. The summed E-state index contributed by atoms with van der Waals surface area (Å²) in [5.74, 6) is 1.11. The lowest BCUT2D eigenvalue weighted by molar-refractivity contribution is 0.0214. The molecule has 0 saturated carbocycles. The molecule has 0 spiro atoms. The van der Waals surface area contributed by atoms with Crippen LogP contribution in [0, 0.1) is 0 Å². The van der Waals surface area contributed by atoms with Crippen molar-refractivity contribution in [2.24, 2.45) is 0 Å². The second-order valence-electron chi connectivity index (χ2n) is 4.74. The van der Waals surface area contributed by atoms with Crippen LogP contribution >= 0.6 is 11.8 Å². The molecule has 94 valence electrons. The minimum atomic E-state index is 0.0808. The van der Waals surface area contributed by atoms with Crippen LogP contribution in [0.2, 0.25) is 0 Å². The molecule has 0 aliphatic carbocycles. The summed E-state index contributed by atoms with van der Waals surface area (Å²) in [6, 6.07) is 10.5. The highest BCUT2D eigenvalue weighted by molar-refractivity contribution is 7.99. The lowest BCUT2D eigenvalue weighted by atomic mass is 10.0. The molecular formula is C14H21NOS. The van der Waals surface area contributed by atoms with Crippen molar-refractivity contribution < 1.29 is 4.74 Å². The summed E-state index contributed by atoms with van der Waals surface area (Å²) >= 11 is 1.90. The summed E-state index contributed by atoms with van der Waals surface area (Å²) in [6.45, 7) is 5.15. The van der Waals surface area contributed by atoms with Crippen molar-refractivity contribution in [3.63, 3.8) is 0 Å². The molecule has 1 fully saturated rings. The summed E-state index contributed by atoms with van der Waals surface area (Å²) in [5, 5.41) is 3.49. The van der Waals surface area contributed by atoms with Gasteiger partial charge < -0.3 is 10.1 Å². The molecule has 2 rings (SSSR count). The molecule has 3 heteroatoms. The smallest absolute Gasteiger partial charge is 0.0779 e. The van der Waals surface area contributed by atoms with Crippen LogP contribution in [0.3, 0.4) is 0 Å². The Morgan fingerprint density at radius 3 is 2.88 bits per heavy atom. The van der Waals surface area contributed by atoms with E-state index in [9.17, 15) is 0 Å². The molecule has 1 N–H and O–H groups in total. The van der Waals surface area contributed by atoms with Gasteiger partial charge in [-0.1, -0.05) is 18.2 Å². The fourth-order valence-corrected chi connectivity index (χ4v) is 2.92. The maximum absolute atomic E-state index is 5.74. The molecule has 0 aromatic heterocycles. The van der Waals surface area contributed by atoms with Crippen LogP contribution in [0.15, 0.2) is 35.2 Å². The van der Waals surface area contributed by atoms with E-state index in [1.54, 1.807) is 0 Å². The van der Waals surface area contributed by atoms with E-state index in [2.05, 4.69) is 42.6 Å². The standard InChI is InChI=1S/C14H21NOS/c1-14(8-5-10-16-14)12-15-9-11-17-13-6-3-2-4-7-13/h2-4,6-7,15H,5,8-12H2,1H3. The van der Waals surface area contributed by atoms with E-state index in [4.69, 9.17) is 4.74 Å². The number of rotatable bonds is 6. The SMILES string of the molecule is CC1(CNCCSc2ccccc2)CCCO1. The highest BCUT2D eigenvalue weighted by Gasteiger charge is 2.28. The van der Waals surface area contributed by atoms with Crippen molar-refractivity contribution in [1.82, 2.24) is 5.32 Å². The summed E-state index contributed by atoms with van der Waals surface area (Å²) in [4.78, 5) is 1.35. The first-order valence-corrected chi connectivity index (χ1v) is 7.30. The molecule has 2 nitrogen and oxygen atoms in total. The van der Waals surface area contributed by atoms with Crippen LogP contribution in [0.1, 0.15) is 19.8 Å². The van der Waals surface area contributed by atoms with Crippen molar-refractivity contribution >= 4 is 11.8 Å². The Morgan fingerprint density at radius 1 is 1.35 bits per heavy atom. The van der Waals surface area contributed by atoms with Gasteiger partial charge in [-0.05, 0) is 31.9 Å². The van der Waals surface area contributed by atoms with Gasteiger partial charge in [0.2, 0.25) is 0 Å². The number of benzene rings is 1. The summed E-state index contributed by atoms with van der Waals surface area (Å²) in [6.07, 6.45) is 2.39. The van der Waals surface area contributed by atoms with Gasteiger partial charge in [0.15, 0.2) is 0 Å². The Bertz CT molecular complexity index is 322. The normalized spacial score (nSPS) is 24.1. The van der Waals surface area contributed by atoms with Crippen molar-refractivity contribution in [3.05, 3.63) is 30.3 Å². The Balaban J connectivity index is 1.58. The molecule has 1 atom stereocenters. The summed E-state index contributed by atoms with van der Waals surface area (Å²) in [5.41, 5.74) is 0.0808. The zero-order chi connectivity index (χ0) is 12.0. The van der Waals surface area contributed by atoms with Crippen LogP contribution in [-0.2, 0) is 4.74 Å². The molecule has 1 aliphatic rings. The second-order valence-corrected chi connectivity index (χ2v) is 5.91. The molecule has 0 bridgehead atoms. The van der Waals surface area contributed by atoms with Gasteiger partial charge in [0.25, 0.3) is 0 Å². The zero-order valence-corrected chi connectivity index (χ0v) is 11.3. The van der Waals surface area contributed by atoms with Crippen molar-refractivity contribution in [2.45, 2.75) is 30.3 Å². The first-order valence-electron chi connectivity index (χ1n) is 6.31. The second kappa shape index (κ2) is 6.43. The van der Waals surface area contributed by atoms with Gasteiger partial charge in [0.1, 0.15) is 0 Å². The third-order valence-electron chi connectivity index (χ3n) is 3.09. The number of nitrogens with one attached hydrogen (secondary N) is 1. The Morgan fingerprint density at radius 2 is 2.18 bits per heavy atom. The van der Waals surface area contributed by atoms with E-state index >= 15 is 0 Å². The Labute approximate surface area is 108 Å². The van der Waals surface area contributed by atoms with Crippen LogP contribution in [0.5, 0.6) is 0 Å². The van der Waals surface area contributed by atoms with Gasteiger partial charge in [-0.2, -0.15) is 0 Å². The highest BCUT2D eigenvalue weighted by atomic mass is 32.2. The third kappa shape index (κ3) is 4.34. The van der Waals surface area contributed by atoms with Gasteiger partial charge in [-0.25, -0.2) is 0 Å². The number of hydrogen-bond acceptors (Lipinski definition) is 3. The molecule has 1 heterocycles. The lowest BCUT2D eigenvalue weighted by Gasteiger charge is -2.23. The number of ether oxygens (including phenoxy) is 1. The van der Waals surface area contributed by atoms with Crippen LogP contribution in [-0.4, -0.2) is 31.1 Å². The Hall–Kier alpha value is -0.510. The van der Waals surface area contributed by atoms with Crippen molar-refractivity contribution in [3.8, 4) is 0 Å². The van der Waals surface area contributed by atoms with Gasteiger partial charge in [0.05, 0.1) is 5.60 Å². The topological polar surface area (TPSA) is 21.3 Å². The first kappa shape index (κ1) is 12.9. The fourth-order valence-electron chi connectivity index (χ4n) is 2.09. The third-order valence-corrected chi connectivity index (χ3v) is 4.10. The predicted molar refractivity (Wildman–Crippen MR) is 73.6 cm³/mol. The minimum Gasteiger partial charge on any atom is -0.374 e. The number of hydrogen-bond donors (Lipinski definition) is 1. The first-order chi connectivity index (χ1) is 8.29. The average molecular weight is 251 g/mol. The molecule has 1 unspecified atom stereocenters. The largest absolute Gasteiger partial charge is 0.374 e. The average Bonchev–Trinajstić information content (AvgIpc) is 2.77. The fraction of sp³-hybridized carbons (Fsp3) is 0.571. The van der Waals surface area contributed by atoms with Crippen LogP contribution < -0.4 is 5.32 Å². The monoisotopic (exact) mass is 251 g/mol. The lowest BCUT2D eigenvalue weighted by Crippen LogP contribution is -2.38. The van der Waals surface area contributed by atoms with Gasteiger partial charge >= 0.3 is 0 Å². The summed E-state index contributed by atoms with van der Waals surface area (Å²) < 4.78 is 5.74. The Kier molecular flexibility index (Phi) is 4.89. The van der Waals surface area contributed by atoms with E-state index in [0.29, 0.717) is 0 Å². The summed E-state index contributed by atoms with van der Waals surface area (Å²) in [7, 11) is 0. The minimum absolute atomic E-state index is 0.0808. The number of thioether (sulfide) groups is 1. The van der Waals surface area contributed by atoms with E-state index in [1.165, 1.54) is 17.7 Å². The van der Waals surface area contributed by atoms with Crippen molar-refractivity contribution in [2.75, 3.05) is 25.4 Å². The molecule has 0 amide bonds. The van der Waals surface area contributed by atoms with E-state index in [1.807, 2.05) is 11.8 Å². The van der Waals surface area contributed by atoms with Crippen molar-refractivity contribution in [1.29, 1.82) is 0 Å². The zero-order valence-electron chi connectivity index (χ0n) is 10.4. The van der Waals surface area contributed by atoms with E-state index in [-0.39, 0.29) is 5.60 Å². The maximum atomic E-state index is 5.74. The van der Waals surface area contributed by atoms with Gasteiger partial charge in [-0.3, -0.25) is 0 Å². The highest BCUT2D eigenvalue weighted by Crippen LogP contribution is 2.23. The van der Waals surface area contributed by atoms with Gasteiger partial charge in [-0.15, -0.1) is 11.8 Å². The van der Waals surface area contributed by atoms with E-state index < -0.39 is 0 Å². The van der Waals surface area contributed by atoms with Gasteiger partial charge in [0, 0.05) is 30.3 Å². The molecule has 0 radical (unpaired) electrons. The van der Waals surface area contributed by atoms with Crippen LogP contribution in [0.25, 0.3) is 0 Å². The van der Waals surface area contributed by atoms with Crippen LogP contribution in [0.4, 0.5) is 0 Å². The molecular weight excluding hydrogens is 230 g/mol. The molecule has 1 aromatic rings. The molecule has 17 heavy (non-hydrogen) atoms. The molecule has 1 aliphatic heterocycles. The molecule has 1 saturated heterocycles. The van der Waals surface area contributed by atoms with E-state index in [0.717, 1.165) is 25.4 Å². The maximum Gasteiger partial charge on any atom is 0.0779 e.